The molecule has 1 saturated carbocycles. The molecule has 0 N–H and O–H groups in total. The maximum atomic E-state index is 11.6. The first-order chi connectivity index (χ1) is 8.22. The van der Waals surface area contributed by atoms with E-state index in [2.05, 4.69) is 9.88 Å². The smallest absolute Gasteiger partial charge is 0.322 e. The molecule has 0 spiro atoms. The molecule has 1 aromatic rings. The zero-order valence-corrected chi connectivity index (χ0v) is 10.3. The van der Waals surface area contributed by atoms with Gasteiger partial charge in [-0.15, -0.1) is 0 Å². The predicted octanol–water partition coefficient (Wildman–Crippen LogP) is 1.61. The van der Waals surface area contributed by atoms with Gasteiger partial charge in [0.1, 0.15) is 6.04 Å². The van der Waals surface area contributed by atoms with Gasteiger partial charge in [0.15, 0.2) is 0 Å². The Bertz CT molecular complexity index is 376. The van der Waals surface area contributed by atoms with Crippen LogP contribution in [-0.2, 0) is 16.1 Å². The Labute approximate surface area is 102 Å². The van der Waals surface area contributed by atoms with Gasteiger partial charge >= 0.3 is 5.97 Å². The molecule has 1 aliphatic carbocycles. The largest absolute Gasteiger partial charge is 0.468 e. The summed E-state index contributed by atoms with van der Waals surface area (Å²) < 4.78 is 4.81. The zero-order valence-electron chi connectivity index (χ0n) is 10.3. The summed E-state index contributed by atoms with van der Waals surface area (Å²) >= 11 is 0. The fourth-order valence-electron chi connectivity index (χ4n) is 1.97. The van der Waals surface area contributed by atoms with E-state index in [1.165, 1.54) is 7.11 Å². The number of aromatic nitrogens is 1. The molecule has 0 bridgehead atoms. The van der Waals surface area contributed by atoms with Crippen LogP contribution in [-0.4, -0.2) is 35.0 Å². The molecule has 1 aromatic heterocycles. The molecule has 0 unspecified atom stereocenters. The Morgan fingerprint density at radius 2 is 2.35 bits per heavy atom. The number of hydrogen-bond donors (Lipinski definition) is 0. The van der Waals surface area contributed by atoms with E-state index < -0.39 is 0 Å². The van der Waals surface area contributed by atoms with Crippen molar-refractivity contribution in [2.45, 2.75) is 38.4 Å². The van der Waals surface area contributed by atoms with Crippen LogP contribution in [0.1, 0.15) is 25.5 Å². The Morgan fingerprint density at radius 3 is 2.88 bits per heavy atom. The molecule has 1 fully saturated rings. The summed E-state index contributed by atoms with van der Waals surface area (Å²) in [5, 5.41) is 0. The summed E-state index contributed by atoms with van der Waals surface area (Å²) in [5.74, 6) is -0.173. The first-order valence-corrected chi connectivity index (χ1v) is 5.96. The molecular formula is C13H18N2O2. The number of carbonyl (C=O) groups is 1. The maximum absolute atomic E-state index is 11.6. The highest BCUT2D eigenvalue weighted by Gasteiger charge is 2.35. The van der Waals surface area contributed by atoms with Crippen molar-refractivity contribution in [3.63, 3.8) is 0 Å². The second kappa shape index (κ2) is 5.27. The van der Waals surface area contributed by atoms with E-state index in [4.69, 9.17) is 4.74 Å². The third-order valence-electron chi connectivity index (χ3n) is 3.13. The van der Waals surface area contributed by atoms with E-state index in [0.717, 1.165) is 18.5 Å². The van der Waals surface area contributed by atoms with Crippen molar-refractivity contribution in [2.24, 2.45) is 0 Å². The minimum absolute atomic E-state index is 0.173. The van der Waals surface area contributed by atoms with Crippen LogP contribution in [0.25, 0.3) is 0 Å². The number of methoxy groups -OCH3 is 1. The summed E-state index contributed by atoms with van der Waals surface area (Å²) in [6, 6.07) is 6.16. The summed E-state index contributed by atoms with van der Waals surface area (Å²) in [5.41, 5.74) is 0.996. The molecule has 92 valence electrons. The number of carbonyl (C=O) groups excluding carboxylic acids is 1. The summed E-state index contributed by atoms with van der Waals surface area (Å²) in [6.45, 7) is 2.61. The fraction of sp³-hybridized carbons (Fsp3) is 0.538. The summed E-state index contributed by atoms with van der Waals surface area (Å²) in [7, 11) is 1.44. The number of hydrogen-bond acceptors (Lipinski definition) is 4. The average Bonchev–Trinajstić information content (AvgIpc) is 3.19. The van der Waals surface area contributed by atoms with Gasteiger partial charge < -0.3 is 4.74 Å². The maximum Gasteiger partial charge on any atom is 0.322 e. The molecule has 1 atom stereocenters. The topological polar surface area (TPSA) is 42.4 Å². The minimum Gasteiger partial charge on any atom is -0.468 e. The van der Waals surface area contributed by atoms with E-state index in [9.17, 15) is 4.79 Å². The van der Waals surface area contributed by atoms with Crippen molar-refractivity contribution in [3.8, 4) is 0 Å². The van der Waals surface area contributed by atoms with Gasteiger partial charge in [0, 0.05) is 18.8 Å². The molecular weight excluding hydrogens is 216 g/mol. The summed E-state index contributed by atoms with van der Waals surface area (Å²) in [4.78, 5) is 18.1. The van der Waals surface area contributed by atoms with Crippen LogP contribution in [0.3, 0.4) is 0 Å². The van der Waals surface area contributed by atoms with Crippen LogP contribution in [0.5, 0.6) is 0 Å². The fourth-order valence-corrected chi connectivity index (χ4v) is 1.97. The third-order valence-corrected chi connectivity index (χ3v) is 3.13. The molecule has 4 heteroatoms. The highest BCUT2D eigenvalue weighted by atomic mass is 16.5. The third kappa shape index (κ3) is 3.03. The zero-order chi connectivity index (χ0) is 12.3. The van der Waals surface area contributed by atoms with Gasteiger partial charge in [-0.2, -0.15) is 0 Å². The molecule has 1 heterocycles. The van der Waals surface area contributed by atoms with Crippen LogP contribution >= 0.6 is 0 Å². The molecule has 4 nitrogen and oxygen atoms in total. The number of nitrogens with zero attached hydrogens (tertiary/aromatic N) is 2. The van der Waals surface area contributed by atoms with E-state index >= 15 is 0 Å². The van der Waals surface area contributed by atoms with Gasteiger partial charge in [0.2, 0.25) is 0 Å². The molecule has 0 aromatic carbocycles. The first kappa shape index (κ1) is 12.0. The normalized spacial score (nSPS) is 16.9. The van der Waals surface area contributed by atoms with Crippen molar-refractivity contribution in [1.29, 1.82) is 0 Å². The molecule has 0 radical (unpaired) electrons. The van der Waals surface area contributed by atoms with Crippen LogP contribution < -0.4 is 0 Å². The lowest BCUT2D eigenvalue weighted by molar-refractivity contribution is -0.146. The number of ether oxygens (including phenoxy) is 1. The Kier molecular flexibility index (Phi) is 3.74. The number of pyridine rings is 1. The lowest BCUT2D eigenvalue weighted by Crippen LogP contribution is -2.40. The Hall–Kier alpha value is -1.42. The quantitative estimate of drug-likeness (QED) is 0.726. The Morgan fingerprint density at radius 1 is 1.59 bits per heavy atom. The van der Waals surface area contributed by atoms with Crippen molar-refractivity contribution in [3.05, 3.63) is 30.1 Å². The van der Waals surface area contributed by atoms with Crippen LogP contribution in [0, 0.1) is 0 Å². The highest BCUT2D eigenvalue weighted by Crippen LogP contribution is 2.30. The lowest BCUT2D eigenvalue weighted by atomic mass is 10.2. The van der Waals surface area contributed by atoms with Crippen molar-refractivity contribution in [2.75, 3.05) is 7.11 Å². The standard InChI is InChI=1S/C13H18N2O2/c1-10(13(16)17-2)15(12-6-7-12)9-11-5-3-4-8-14-11/h3-5,8,10,12H,6-7,9H2,1-2H3/t10-/m1/s1. The molecule has 2 rings (SSSR count). The lowest BCUT2D eigenvalue weighted by Gasteiger charge is -2.26. The van der Waals surface area contributed by atoms with Gasteiger partial charge in [-0.05, 0) is 31.9 Å². The van der Waals surface area contributed by atoms with Crippen molar-refractivity contribution >= 4 is 5.97 Å². The van der Waals surface area contributed by atoms with Crippen molar-refractivity contribution in [1.82, 2.24) is 9.88 Å². The van der Waals surface area contributed by atoms with Gasteiger partial charge in [-0.1, -0.05) is 6.07 Å². The van der Waals surface area contributed by atoms with Gasteiger partial charge in [-0.25, -0.2) is 0 Å². The van der Waals surface area contributed by atoms with Gasteiger partial charge in [-0.3, -0.25) is 14.7 Å². The first-order valence-electron chi connectivity index (χ1n) is 5.96. The predicted molar refractivity (Wildman–Crippen MR) is 64.3 cm³/mol. The molecule has 17 heavy (non-hydrogen) atoms. The SMILES string of the molecule is COC(=O)[C@@H](C)N(Cc1ccccn1)C1CC1. The number of esters is 1. The van der Waals surface area contributed by atoms with Crippen LogP contribution in [0.2, 0.25) is 0 Å². The van der Waals surface area contributed by atoms with E-state index in [0.29, 0.717) is 12.6 Å². The number of rotatable bonds is 5. The van der Waals surface area contributed by atoms with Crippen molar-refractivity contribution < 1.29 is 9.53 Å². The molecule has 0 amide bonds. The second-order valence-electron chi connectivity index (χ2n) is 4.42. The molecule has 0 saturated heterocycles. The van der Waals surface area contributed by atoms with E-state index in [-0.39, 0.29) is 12.0 Å². The average molecular weight is 234 g/mol. The summed E-state index contributed by atoms with van der Waals surface area (Å²) in [6.07, 6.45) is 4.10. The Balaban J connectivity index is 2.05. The minimum atomic E-state index is -0.200. The monoisotopic (exact) mass is 234 g/mol. The highest BCUT2D eigenvalue weighted by molar-refractivity contribution is 5.75. The van der Waals surface area contributed by atoms with Gasteiger partial charge in [0.05, 0.1) is 12.8 Å². The second-order valence-corrected chi connectivity index (χ2v) is 4.42. The van der Waals surface area contributed by atoms with E-state index in [1.807, 2.05) is 25.1 Å². The van der Waals surface area contributed by atoms with E-state index in [1.54, 1.807) is 6.20 Å². The molecule has 1 aliphatic rings. The van der Waals surface area contributed by atoms with Crippen LogP contribution in [0.4, 0.5) is 0 Å². The molecule has 0 aliphatic heterocycles. The van der Waals surface area contributed by atoms with Crippen LogP contribution in [0.15, 0.2) is 24.4 Å². The van der Waals surface area contributed by atoms with Gasteiger partial charge in [0.25, 0.3) is 0 Å².